The average Bonchev–Trinajstić information content (AvgIpc) is 3.07. The van der Waals surface area contributed by atoms with Crippen LogP contribution in [0.4, 0.5) is 10.7 Å². The van der Waals surface area contributed by atoms with Crippen molar-refractivity contribution in [3.8, 4) is 5.75 Å². The minimum atomic E-state index is -0.523. The molecule has 0 spiro atoms. The van der Waals surface area contributed by atoms with Crippen molar-refractivity contribution < 1.29 is 23.9 Å². The van der Waals surface area contributed by atoms with E-state index < -0.39 is 5.97 Å². The summed E-state index contributed by atoms with van der Waals surface area (Å²) in [5.74, 6) is -0.613. The molecular weight excluding hydrogens is 440 g/mol. The third-order valence-corrected chi connectivity index (χ3v) is 6.19. The van der Waals surface area contributed by atoms with E-state index in [4.69, 9.17) is 9.47 Å². The van der Waals surface area contributed by atoms with Crippen molar-refractivity contribution in [2.45, 2.75) is 41.5 Å². The van der Waals surface area contributed by atoms with E-state index >= 15 is 0 Å². The number of anilines is 2. The maximum absolute atomic E-state index is 12.7. The first-order valence-corrected chi connectivity index (χ1v) is 11.4. The Morgan fingerprint density at radius 1 is 0.970 bits per heavy atom. The lowest BCUT2D eigenvalue weighted by Crippen LogP contribution is -2.21. The zero-order valence-electron chi connectivity index (χ0n) is 19.7. The molecule has 33 heavy (non-hydrogen) atoms. The molecule has 2 aromatic carbocycles. The van der Waals surface area contributed by atoms with Gasteiger partial charge in [0.2, 0.25) is 5.91 Å². The van der Waals surface area contributed by atoms with Gasteiger partial charge < -0.3 is 20.1 Å². The van der Waals surface area contributed by atoms with Crippen LogP contribution in [0.3, 0.4) is 0 Å². The van der Waals surface area contributed by atoms with Crippen LogP contribution in [-0.4, -0.2) is 31.0 Å². The Labute approximate surface area is 197 Å². The molecule has 0 aliphatic heterocycles. The van der Waals surface area contributed by atoms with E-state index in [2.05, 4.69) is 10.6 Å². The van der Waals surface area contributed by atoms with Gasteiger partial charge in [-0.05, 0) is 51.3 Å². The molecule has 3 aromatic rings. The zero-order chi connectivity index (χ0) is 24.3. The summed E-state index contributed by atoms with van der Waals surface area (Å²) in [4.78, 5) is 37.0. The molecule has 1 aromatic heterocycles. The number of aryl methyl sites for hydroxylation is 4. The molecule has 2 N–H and O–H groups in total. The second-order valence-corrected chi connectivity index (χ2v) is 8.93. The minimum absolute atomic E-state index is 0.200. The van der Waals surface area contributed by atoms with Crippen LogP contribution in [0.2, 0.25) is 0 Å². The molecular formula is C25H28N2O5S. The maximum atomic E-state index is 12.7. The number of ether oxygens (including phenoxy) is 2. The van der Waals surface area contributed by atoms with Crippen molar-refractivity contribution >= 4 is 49.9 Å². The number of thiophene rings is 1. The molecule has 2 amide bonds. The van der Waals surface area contributed by atoms with Crippen LogP contribution in [0.15, 0.2) is 24.3 Å². The number of rotatable bonds is 7. The van der Waals surface area contributed by atoms with E-state index in [-0.39, 0.29) is 30.6 Å². The predicted molar refractivity (Wildman–Crippen MR) is 132 cm³/mol. The van der Waals surface area contributed by atoms with Gasteiger partial charge in [-0.15, -0.1) is 11.3 Å². The van der Waals surface area contributed by atoms with Gasteiger partial charge in [-0.25, -0.2) is 4.79 Å². The second-order valence-electron chi connectivity index (χ2n) is 7.91. The summed E-state index contributed by atoms with van der Waals surface area (Å²) in [7, 11) is 0. The molecule has 174 valence electrons. The summed E-state index contributed by atoms with van der Waals surface area (Å²) >= 11 is 1.22. The average molecular weight is 469 g/mol. The molecule has 0 saturated heterocycles. The van der Waals surface area contributed by atoms with Gasteiger partial charge in [-0.3, -0.25) is 9.59 Å². The van der Waals surface area contributed by atoms with E-state index in [0.29, 0.717) is 20.8 Å². The van der Waals surface area contributed by atoms with Crippen LogP contribution in [0.5, 0.6) is 5.75 Å². The highest BCUT2D eigenvalue weighted by atomic mass is 32.1. The van der Waals surface area contributed by atoms with Crippen LogP contribution in [0, 0.1) is 27.7 Å². The highest BCUT2D eigenvalue weighted by Crippen LogP contribution is 2.43. The van der Waals surface area contributed by atoms with Crippen molar-refractivity contribution in [3.63, 3.8) is 0 Å². The van der Waals surface area contributed by atoms with Crippen LogP contribution in [-0.2, 0) is 14.3 Å². The van der Waals surface area contributed by atoms with Crippen molar-refractivity contribution in [1.82, 2.24) is 0 Å². The highest BCUT2D eigenvalue weighted by molar-refractivity contribution is 7.24. The lowest BCUT2D eigenvalue weighted by atomic mass is 10.1. The van der Waals surface area contributed by atoms with Crippen molar-refractivity contribution in [1.29, 1.82) is 0 Å². The van der Waals surface area contributed by atoms with E-state index in [0.717, 1.165) is 27.9 Å². The summed E-state index contributed by atoms with van der Waals surface area (Å²) in [6.45, 7) is 10.9. The molecule has 1 heterocycles. The number of carbonyl (C=O) groups excluding carboxylic acids is 3. The number of hydrogen-bond acceptors (Lipinski definition) is 6. The van der Waals surface area contributed by atoms with E-state index in [9.17, 15) is 14.4 Å². The molecule has 0 bridgehead atoms. The molecule has 0 aliphatic rings. The Bertz CT molecular complexity index is 1220. The molecule has 0 saturated carbocycles. The van der Waals surface area contributed by atoms with Crippen LogP contribution in [0.25, 0.3) is 10.1 Å². The quantitative estimate of drug-likeness (QED) is 0.460. The summed E-state index contributed by atoms with van der Waals surface area (Å²) < 4.78 is 11.8. The Balaban J connectivity index is 1.91. The number of esters is 1. The summed E-state index contributed by atoms with van der Waals surface area (Å²) in [5, 5.41) is 6.63. The standard InChI is InChI=1S/C25H28N2O5S/c1-7-31-25(30)20-18-9-8-14(3)22(23(18)33-24(20)26-17(6)28)32-12-19(29)27-21-15(4)10-13(2)11-16(21)5/h8-11H,7,12H2,1-6H3,(H,26,28)(H,27,29). The number of hydrogen-bond donors (Lipinski definition) is 2. The molecule has 8 heteroatoms. The Kier molecular flexibility index (Phi) is 7.38. The van der Waals surface area contributed by atoms with Gasteiger partial charge in [-0.1, -0.05) is 29.8 Å². The number of nitrogens with one attached hydrogen (secondary N) is 2. The normalized spacial score (nSPS) is 10.7. The fourth-order valence-electron chi connectivity index (χ4n) is 3.76. The Morgan fingerprint density at radius 3 is 2.24 bits per heavy atom. The number of benzene rings is 2. The fraction of sp³-hybridized carbons (Fsp3) is 0.320. The van der Waals surface area contributed by atoms with Gasteiger partial charge in [0.25, 0.3) is 5.91 Å². The van der Waals surface area contributed by atoms with E-state index in [1.54, 1.807) is 13.0 Å². The van der Waals surface area contributed by atoms with E-state index in [1.807, 2.05) is 45.9 Å². The smallest absolute Gasteiger partial charge is 0.341 e. The van der Waals surface area contributed by atoms with Crippen LogP contribution in [0.1, 0.15) is 46.5 Å². The third kappa shape index (κ3) is 5.34. The number of carbonyl (C=O) groups is 3. The first-order chi connectivity index (χ1) is 15.6. The topological polar surface area (TPSA) is 93.7 Å². The lowest BCUT2D eigenvalue weighted by molar-refractivity contribution is -0.118. The van der Waals surface area contributed by atoms with Gasteiger partial charge in [0.05, 0.1) is 11.3 Å². The maximum Gasteiger partial charge on any atom is 0.341 e. The summed E-state index contributed by atoms with van der Waals surface area (Å²) in [5.41, 5.74) is 4.97. The Morgan fingerprint density at radius 2 is 1.64 bits per heavy atom. The molecule has 7 nitrogen and oxygen atoms in total. The second kappa shape index (κ2) is 10.0. The fourth-order valence-corrected chi connectivity index (χ4v) is 5.05. The van der Waals surface area contributed by atoms with Gasteiger partial charge >= 0.3 is 5.97 Å². The minimum Gasteiger partial charge on any atom is -0.482 e. The zero-order valence-corrected chi connectivity index (χ0v) is 20.5. The molecule has 3 rings (SSSR count). The molecule has 0 atom stereocenters. The summed E-state index contributed by atoms with van der Waals surface area (Å²) in [6.07, 6.45) is 0. The predicted octanol–water partition coefficient (Wildman–Crippen LogP) is 5.29. The molecule has 0 unspecified atom stereocenters. The first-order valence-electron chi connectivity index (χ1n) is 10.6. The lowest BCUT2D eigenvalue weighted by Gasteiger charge is -2.14. The molecule has 0 fully saturated rings. The first kappa shape index (κ1) is 24.3. The number of amides is 2. The van der Waals surface area contributed by atoms with E-state index in [1.165, 1.54) is 18.3 Å². The molecule has 0 radical (unpaired) electrons. The van der Waals surface area contributed by atoms with Gasteiger partial charge in [0.1, 0.15) is 16.3 Å². The van der Waals surface area contributed by atoms with Gasteiger partial charge in [0.15, 0.2) is 6.61 Å². The van der Waals surface area contributed by atoms with Crippen molar-refractivity contribution in [3.05, 3.63) is 52.1 Å². The summed E-state index contributed by atoms with van der Waals surface area (Å²) in [6, 6.07) is 7.64. The highest BCUT2D eigenvalue weighted by Gasteiger charge is 2.24. The Hall–Kier alpha value is -3.39. The van der Waals surface area contributed by atoms with Crippen LogP contribution >= 0.6 is 11.3 Å². The van der Waals surface area contributed by atoms with Gasteiger partial charge in [-0.2, -0.15) is 0 Å². The third-order valence-electron chi connectivity index (χ3n) is 5.07. The molecule has 0 aliphatic carbocycles. The van der Waals surface area contributed by atoms with Gasteiger partial charge in [0, 0.05) is 18.0 Å². The number of fused-ring (bicyclic) bond motifs is 1. The van der Waals surface area contributed by atoms with Crippen LogP contribution < -0.4 is 15.4 Å². The SMILES string of the molecule is CCOC(=O)c1c(NC(C)=O)sc2c(OCC(=O)Nc3c(C)cc(C)cc3C)c(C)ccc12. The monoisotopic (exact) mass is 468 g/mol. The van der Waals surface area contributed by atoms with Crippen molar-refractivity contribution in [2.24, 2.45) is 0 Å². The van der Waals surface area contributed by atoms with Crippen molar-refractivity contribution in [2.75, 3.05) is 23.8 Å². The largest absolute Gasteiger partial charge is 0.482 e.